The van der Waals surface area contributed by atoms with Crippen molar-refractivity contribution in [3.63, 3.8) is 0 Å². The fourth-order valence-electron chi connectivity index (χ4n) is 0.760. The van der Waals surface area contributed by atoms with Crippen LogP contribution in [0.15, 0.2) is 30.3 Å². The summed E-state index contributed by atoms with van der Waals surface area (Å²) in [5, 5.41) is 8.30. The molecule has 0 saturated carbocycles. The van der Waals surface area contributed by atoms with E-state index < -0.39 is 5.56 Å². The van der Waals surface area contributed by atoms with Crippen molar-refractivity contribution >= 4 is 11.6 Å². The molecule has 0 aliphatic rings. The first-order valence-corrected chi connectivity index (χ1v) is 3.99. The van der Waals surface area contributed by atoms with E-state index in [4.69, 9.17) is 21.6 Å². The topological polar surface area (TPSA) is 33.0 Å². The van der Waals surface area contributed by atoms with E-state index in [-0.39, 0.29) is 6.42 Å². The van der Waals surface area contributed by atoms with Crippen LogP contribution in [0, 0.1) is 11.3 Å². The number of halogens is 1. The van der Waals surface area contributed by atoms with Crippen LogP contribution in [0.1, 0.15) is 6.42 Å². The second kappa shape index (κ2) is 4.63. The van der Waals surface area contributed by atoms with Crippen LogP contribution in [0.2, 0.25) is 0 Å². The van der Waals surface area contributed by atoms with E-state index in [0.717, 1.165) is 0 Å². The number of nitriles is 1. The van der Waals surface area contributed by atoms with E-state index in [1.54, 1.807) is 12.1 Å². The zero-order chi connectivity index (χ0) is 8.81. The molecule has 0 heterocycles. The van der Waals surface area contributed by atoms with Crippen molar-refractivity contribution in [3.05, 3.63) is 30.3 Å². The molecule has 62 valence electrons. The van der Waals surface area contributed by atoms with Gasteiger partial charge in [0.2, 0.25) is 0 Å². The highest BCUT2D eigenvalue weighted by Crippen LogP contribution is 2.13. The van der Waals surface area contributed by atoms with Gasteiger partial charge in [0.1, 0.15) is 5.75 Å². The molecule has 2 nitrogen and oxygen atoms in total. The van der Waals surface area contributed by atoms with Crippen LogP contribution in [0.4, 0.5) is 0 Å². The maximum absolute atomic E-state index is 8.30. The maximum Gasteiger partial charge on any atom is 0.185 e. The molecular weight excluding hydrogens is 174 g/mol. The van der Waals surface area contributed by atoms with Gasteiger partial charge in [-0.05, 0) is 12.1 Å². The Kier molecular flexibility index (Phi) is 3.43. The minimum atomic E-state index is -0.558. The molecule has 1 aromatic carbocycles. The molecule has 0 radical (unpaired) electrons. The number of nitrogens with zero attached hydrogens (tertiary/aromatic N) is 1. The van der Waals surface area contributed by atoms with Crippen LogP contribution in [-0.2, 0) is 0 Å². The van der Waals surface area contributed by atoms with Crippen molar-refractivity contribution in [2.75, 3.05) is 0 Å². The van der Waals surface area contributed by atoms with Gasteiger partial charge in [0, 0.05) is 0 Å². The summed E-state index contributed by atoms with van der Waals surface area (Å²) >= 11 is 5.67. The summed E-state index contributed by atoms with van der Waals surface area (Å²) < 4.78 is 5.20. The number of benzene rings is 1. The van der Waals surface area contributed by atoms with Crippen LogP contribution in [-0.4, -0.2) is 5.56 Å². The van der Waals surface area contributed by atoms with Crippen molar-refractivity contribution in [1.29, 1.82) is 5.26 Å². The SMILES string of the molecule is N#CCC(Cl)Oc1ccccc1. The highest BCUT2D eigenvalue weighted by molar-refractivity contribution is 6.19. The number of hydrogen-bond donors (Lipinski definition) is 0. The van der Waals surface area contributed by atoms with E-state index in [2.05, 4.69) is 0 Å². The Balaban J connectivity index is 2.48. The molecule has 1 atom stereocenters. The molecule has 0 aliphatic heterocycles. The Morgan fingerprint density at radius 3 is 2.67 bits per heavy atom. The van der Waals surface area contributed by atoms with Gasteiger partial charge in [-0.2, -0.15) is 5.26 Å². The van der Waals surface area contributed by atoms with Crippen LogP contribution < -0.4 is 4.74 Å². The lowest BCUT2D eigenvalue weighted by atomic mass is 10.3. The second-order valence-electron chi connectivity index (χ2n) is 2.20. The second-order valence-corrected chi connectivity index (χ2v) is 2.69. The predicted molar refractivity (Wildman–Crippen MR) is 46.9 cm³/mol. The largest absolute Gasteiger partial charge is 0.474 e. The third-order valence-corrected chi connectivity index (χ3v) is 1.50. The molecule has 0 amide bonds. The quantitative estimate of drug-likeness (QED) is 0.672. The molecule has 3 heteroatoms. The van der Waals surface area contributed by atoms with Gasteiger partial charge in [0.15, 0.2) is 5.56 Å². The van der Waals surface area contributed by atoms with Gasteiger partial charge < -0.3 is 4.74 Å². The molecular formula is C9H8ClNO. The molecule has 0 aliphatic carbocycles. The molecule has 1 unspecified atom stereocenters. The summed E-state index contributed by atoms with van der Waals surface area (Å²) in [6.45, 7) is 0. The Hall–Kier alpha value is -1.20. The number of hydrogen-bond acceptors (Lipinski definition) is 2. The van der Waals surface area contributed by atoms with Crippen LogP contribution in [0.25, 0.3) is 0 Å². The smallest absolute Gasteiger partial charge is 0.185 e. The summed E-state index contributed by atoms with van der Waals surface area (Å²) in [5.41, 5.74) is -0.558. The molecule has 0 spiro atoms. The van der Waals surface area contributed by atoms with Gasteiger partial charge in [0.05, 0.1) is 12.5 Å². The standard InChI is InChI=1S/C9H8ClNO/c10-9(6-7-11)12-8-4-2-1-3-5-8/h1-5,9H,6H2. The van der Waals surface area contributed by atoms with Crippen molar-refractivity contribution < 1.29 is 4.74 Å². The molecule has 0 aromatic heterocycles. The first kappa shape index (κ1) is 8.89. The normalized spacial score (nSPS) is 11.7. The van der Waals surface area contributed by atoms with Gasteiger partial charge >= 0.3 is 0 Å². The van der Waals surface area contributed by atoms with E-state index in [1.807, 2.05) is 24.3 Å². The van der Waals surface area contributed by atoms with E-state index in [9.17, 15) is 0 Å². The third kappa shape index (κ3) is 2.81. The fraction of sp³-hybridized carbons (Fsp3) is 0.222. The molecule has 1 aromatic rings. The summed E-state index contributed by atoms with van der Waals surface area (Å²) in [4.78, 5) is 0. The van der Waals surface area contributed by atoms with Crippen molar-refractivity contribution in [3.8, 4) is 11.8 Å². The minimum Gasteiger partial charge on any atom is -0.474 e. The number of para-hydroxylation sites is 1. The monoisotopic (exact) mass is 181 g/mol. The molecule has 0 bridgehead atoms. The summed E-state index contributed by atoms with van der Waals surface area (Å²) in [6.07, 6.45) is 0.191. The molecule has 1 rings (SSSR count). The van der Waals surface area contributed by atoms with Crippen molar-refractivity contribution in [2.45, 2.75) is 12.0 Å². The fourth-order valence-corrected chi connectivity index (χ4v) is 0.932. The number of ether oxygens (including phenoxy) is 1. The van der Waals surface area contributed by atoms with E-state index in [0.29, 0.717) is 5.75 Å². The van der Waals surface area contributed by atoms with Crippen molar-refractivity contribution in [1.82, 2.24) is 0 Å². The number of alkyl halides is 1. The predicted octanol–water partition coefficient (Wildman–Crippen LogP) is 2.54. The Morgan fingerprint density at radius 1 is 1.42 bits per heavy atom. The highest BCUT2D eigenvalue weighted by Gasteiger charge is 2.03. The van der Waals surface area contributed by atoms with Gasteiger partial charge in [-0.3, -0.25) is 0 Å². The number of rotatable bonds is 3. The van der Waals surface area contributed by atoms with Gasteiger partial charge in [-0.1, -0.05) is 29.8 Å². The Labute approximate surface area is 76.3 Å². The third-order valence-electron chi connectivity index (χ3n) is 1.26. The zero-order valence-corrected chi connectivity index (χ0v) is 7.16. The first-order chi connectivity index (χ1) is 5.83. The highest BCUT2D eigenvalue weighted by atomic mass is 35.5. The first-order valence-electron chi connectivity index (χ1n) is 3.55. The summed E-state index contributed by atoms with van der Waals surface area (Å²) in [6, 6.07) is 11.1. The lowest BCUT2D eigenvalue weighted by molar-refractivity contribution is 0.286. The van der Waals surface area contributed by atoms with Crippen LogP contribution >= 0.6 is 11.6 Å². The van der Waals surface area contributed by atoms with Gasteiger partial charge in [0.25, 0.3) is 0 Å². The van der Waals surface area contributed by atoms with E-state index >= 15 is 0 Å². The van der Waals surface area contributed by atoms with Gasteiger partial charge in [-0.15, -0.1) is 0 Å². The molecule has 12 heavy (non-hydrogen) atoms. The molecule has 0 N–H and O–H groups in total. The maximum atomic E-state index is 8.30. The average Bonchev–Trinajstić information content (AvgIpc) is 2.06. The average molecular weight is 182 g/mol. The Bertz CT molecular complexity index is 268. The van der Waals surface area contributed by atoms with Crippen LogP contribution in [0.3, 0.4) is 0 Å². The molecule has 0 fully saturated rings. The van der Waals surface area contributed by atoms with Gasteiger partial charge in [-0.25, -0.2) is 0 Å². The lowest BCUT2D eigenvalue weighted by Crippen LogP contribution is -2.06. The van der Waals surface area contributed by atoms with E-state index in [1.165, 1.54) is 0 Å². The zero-order valence-electron chi connectivity index (χ0n) is 6.40. The van der Waals surface area contributed by atoms with Crippen LogP contribution in [0.5, 0.6) is 5.75 Å². The van der Waals surface area contributed by atoms with Crippen molar-refractivity contribution in [2.24, 2.45) is 0 Å². The lowest BCUT2D eigenvalue weighted by Gasteiger charge is -2.08. The Morgan fingerprint density at radius 2 is 2.08 bits per heavy atom. The molecule has 0 saturated heterocycles. The summed E-state index contributed by atoms with van der Waals surface area (Å²) in [5.74, 6) is 0.688. The minimum absolute atomic E-state index is 0.191. The summed E-state index contributed by atoms with van der Waals surface area (Å²) in [7, 11) is 0.